The molecule has 0 radical (unpaired) electrons. The zero-order chi connectivity index (χ0) is 17.9. The number of carbonyl (C=O) groups excluding carboxylic acids is 1. The normalized spacial score (nSPS) is 15.9. The largest absolute Gasteiger partial charge is 0.756 e. The number of nitrogens with zero attached hydrogens (tertiary/aromatic N) is 1. The van der Waals surface area contributed by atoms with Crippen LogP contribution < -0.4 is 4.89 Å². The Kier molecular flexibility index (Phi) is 10.9. The van der Waals surface area contributed by atoms with Crippen LogP contribution in [-0.4, -0.2) is 69.2 Å². The maximum atomic E-state index is 11.6. The van der Waals surface area contributed by atoms with Crippen molar-refractivity contribution in [1.82, 2.24) is 0 Å². The Morgan fingerprint density at radius 1 is 1.26 bits per heavy atom. The molecule has 0 amide bonds. The van der Waals surface area contributed by atoms with Crippen molar-refractivity contribution in [2.24, 2.45) is 0 Å². The topological polar surface area (TPSA) is 105 Å². The van der Waals surface area contributed by atoms with Crippen LogP contribution in [0.4, 0.5) is 0 Å². The molecule has 0 aromatic rings. The van der Waals surface area contributed by atoms with Crippen LogP contribution in [0.1, 0.15) is 32.6 Å². The van der Waals surface area contributed by atoms with Crippen LogP contribution in [0.3, 0.4) is 0 Å². The van der Waals surface area contributed by atoms with Crippen molar-refractivity contribution < 1.29 is 37.6 Å². The summed E-state index contributed by atoms with van der Waals surface area (Å²) in [5.41, 5.74) is 0. The molecule has 0 aliphatic rings. The number of phosphoric ester groups is 1. The zero-order valence-electron chi connectivity index (χ0n) is 14.5. The number of phosphoric acid groups is 1. The summed E-state index contributed by atoms with van der Waals surface area (Å²) in [7, 11) is 1.23. The number of hydrogen-bond acceptors (Lipinski definition) is 7. The van der Waals surface area contributed by atoms with Crippen molar-refractivity contribution in [3.8, 4) is 0 Å². The number of aliphatic hydroxyl groups excluding tert-OH is 1. The number of rotatable bonds is 13. The molecule has 1 N–H and O–H groups in total. The van der Waals surface area contributed by atoms with Crippen LogP contribution in [0, 0.1) is 0 Å². The van der Waals surface area contributed by atoms with E-state index in [4.69, 9.17) is 14.4 Å². The monoisotopic (exact) mass is 355 g/mol. The third kappa shape index (κ3) is 13.6. The van der Waals surface area contributed by atoms with Crippen LogP contribution in [0.2, 0.25) is 0 Å². The van der Waals surface area contributed by atoms with E-state index in [2.05, 4.69) is 4.52 Å². The van der Waals surface area contributed by atoms with Gasteiger partial charge >= 0.3 is 5.97 Å². The Labute approximate surface area is 138 Å². The number of ether oxygens (including phenoxy) is 1. The van der Waals surface area contributed by atoms with Gasteiger partial charge in [0.15, 0.2) is 0 Å². The Bertz CT molecular complexity index is 384. The van der Waals surface area contributed by atoms with Gasteiger partial charge in [-0.15, -0.1) is 0 Å². The summed E-state index contributed by atoms with van der Waals surface area (Å²) in [5.74, 6) is -0.479. The molecule has 1 unspecified atom stereocenters. The fourth-order valence-electron chi connectivity index (χ4n) is 1.53. The van der Waals surface area contributed by atoms with Gasteiger partial charge in [0.25, 0.3) is 7.82 Å². The minimum Gasteiger partial charge on any atom is -0.756 e. The zero-order valence-corrected chi connectivity index (χ0v) is 15.4. The van der Waals surface area contributed by atoms with E-state index in [0.29, 0.717) is 17.4 Å². The first kappa shape index (κ1) is 22.5. The molecule has 0 spiro atoms. The van der Waals surface area contributed by atoms with Crippen molar-refractivity contribution in [3.63, 3.8) is 0 Å². The quantitative estimate of drug-likeness (QED) is 0.224. The molecule has 9 heteroatoms. The third-order valence-corrected chi connectivity index (χ3v) is 3.88. The van der Waals surface area contributed by atoms with E-state index in [1.54, 1.807) is 0 Å². The smallest absolute Gasteiger partial charge is 0.306 e. The minimum absolute atomic E-state index is 0.00905. The molecule has 0 saturated heterocycles. The average molecular weight is 355 g/mol. The first-order valence-electron chi connectivity index (χ1n) is 7.80. The maximum absolute atomic E-state index is 11.6. The second kappa shape index (κ2) is 11.1. The molecule has 0 aliphatic carbocycles. The Balaban J connectivity index is 4.12. The van der Waals surface area contributed by atoms with E-state index in [1.165, 1.54) is 0 Å². The standard InChI is InChI=1S/C14H30NO7P/c1-5-6-7-8-14(17)22-13(11-16)12-21-23(18,19)20-10-9-15(2,3)4/h13,16H,5-12H2,1-4H3/t13-/m1/s1. The highest BCUT2D eigenvalue weighted by Crippen LogP contribution is 2.38. The molecule has 0 rings (SSSR count). The fraction of sp³-hybridized carbons (Fsp3) is 0.929. The number of likely N-dealkylation sites (N-methyl/N-ethyl adjacent to an activating group) is 1. The molecule has 2 atom stereocenters. The lowest BCUT2D eigenvalue weighted by molar-refractivity contribution is -0.870. The molecular formula is C14H30NO7P. The first-order chi connectivity index (χ1) is 10.6. The van der Waals surface area contributed by atoms with Crippen molar-refractivity contribution in [3.05, 3.63) is 0 Å². The average Bonchev–Trinajstić information content (AvgIpc) is 2.42. The van der Waals surface area contributed by atoms with Gasteiger partial charge in [-0.3, -0.25) is 9.36 Å². The number of hydrogen-bond donors (Lipinski definition) is 1. The summed E-state index contributed by atoms with van der Waals surface area (Å²) in [6.07, 6.45) is 1.80. The molecule has 0 fully saturated rings. The van der Waals surface area contributed by atoms with Crippen LogP contribution in [0.25, 0.3) is 0 Å². The summed E-state index contributed by atoms with van der Waals surface area (Å²) in [6, 6.07) is 0. The van der Waals surface area contributed by atoms with Gasteiger partial charge in [0.05, 0.1) is 34.4 Å². The number of unbranched alkanes of at least 4 members (excludes halogenated alkanes) is 2. The molecule has 0 aromatic carbocycles. The summed E-state index contributed by atoms with van der Waals surface area (Å²) < 4.78 is 26.5. The van der Waals surface area contributed by atoms with Crippen LogP contribution in [0.15, 0.2) is 0 Å². The van der Waals surface area contributed by atoms with E-state index < -0.39 is 33.1 Å². The lowest BCUT2D eigenvalue weighted by Gasteiger charge is -2.28. The highest BCUT2D eigenvalue weighted by Gasteiger charge is 2.19. The summed E-state index contributed by atoms with van der Waals surface area (Å²) in [4.78, 5) is 23.1. The van der Waals surface area contributed by atoms with Gasteiger partial charge in [-0.1, -0.05) is 19.8 Å². The van der Waals surface area contributed by atoms with Gasteiger partial charge in [0.1, 0.15) is 19.3 Å². The number of aliphatic hydroxyl groups is 1. The highest BCUT2D eigenvalue weighted by molar-refractivity contribution is 7.45. The predicted octanol–water partition coefficient (Wildman–Crippen LogP) is 0.679. The molecule has 0 aliphatic heterocycles. The summed E-state index contributed by atoms with van der Waals surface area (Å²) >= 11 is 0. The first-order valence-corrected chi connectivity index (χ1v) is 9.26. The maximum Gasteiger partial charge on any atom is 0.306 e. The van der Waals surface area contributed by atoms with Gasteiger partial charge in [-0.25, -0.2) is 0 Å². The van der Waals surface area contributed by atoms with Crippen molar-refractivity contribution in [2.75, 3.05) is 47.5 Å². The van der Waals surface area contributed by atoms with Crippen molar-refractivity contribution in [1.29, 1.82) is 0 Å². The lowest BCUT2D eigenvalue weighted by Crippen LogP contribution is -2.37. The van der Waals surface area contributed by atoms with Crippen molar-refractivity contribution >= 4 is 13.8 Å². The SMILES string of the molecule is CCCCCC(=O)O[C@H](CO)COP(=O)([O-])OCC[N+](C)(C)C. The molecule has 0 aromatic heterocycles. The van der Waals surface area contributed by atoms with Crippen molar-refractivity contribution in [2.45, 2.75) is 38.7 Å². The molecule has 138 valence electrons. The minimum atomic E-state index is -4.48. The van der Waals surface area contributed by atoms with E-state index in [1.807, 2.05) is 28.1 Å². The van der Waals surface area contributed by atoms with E-state index >= 15 is 0 Å². The Morgan fingerprint density at radius 2 is 1.91 bits per heavy atom. The molecule has 0 saturated carbocycles. The number of carbonyl (C=O) groups is 1. The summed E-state index contributed by atoms with van der Waals surface area (Å²) in [6.45, 7) is 1.52. The van der Waals surface area contributed by atoms with Crippen LogP contribution >= 0.6 is 7.82 Å². The van der Waals surface area contributed by atoms with Gasteiger partial charge < -0.3 is 28.3 Å². The summed E-state index contributed by atoms with van der Waals surface area (Å²) in [5, 5.41) is 9.13. The van der Waals surface area contributed by atoms with Gasteiger partial charge in [-0.2, -0.15) is 0 Å². The Hall–Kier alpha value is -0.500. The predicted molar refractivity (Wildman–Crippen MR) is 83.5 cm³/mol. The second-order valence-corrected chi connectivity index (χ2v) is 7.75. The third-order valence-electron chi connectivity index (χ3n) is 2.92. The molecule has 0 heterocycles. The lowest BCUT2D eigenvalue weighted by atomic mass is 10.2. The number of quaternary nitrogens is 1. The Morgan fingerprint density at radius 3 is 2.43 bits per heavy atom. The fourth-order valence-corrected chi connectivity index (χ4v) is 2.25. The second-order valence-electron chi connectivity index (χ2n) is 6.34. The van der Waals surface area contributed by atoms with Gasteiger partial charge in [0, 0.05) is 6.42 Å². The van der Waals surface area contributed by atoms with Crippen LogP contribution in [-0.2, 0) is 23.1 Å². The molecule has 0 bridgehead atoms. The van der Waals surface area contributed by atoms with E-state index in [0.717, 1.165) is 12.8 Å². The molecule has 8 nitrogen and oxygen atoms in total. The van der Waals surface area contributed by atoms with Crippen LogP contribution in [0.5, 0.6) is 0 Å². The highest BCUT2D eigenvalue weighted by atomic mass is 31.2. The van der Waals surface area contributed by atoms with Gasteiger partial charge in [0.2, 0.25) is 0 Å². The van der Waals surface area contributed by atoms with Gasteiger partial charge in [-0.05, 0) is 6.42 Å². The number of esters is 1. The molecular weight excluding hydrogens is 325 g/mol. The molecule has 23 heavy (non-hydrogen) atoms. The van der Waals surface area contributed by atoms with E-state index in [9.17, 15) is 14.3 Å². The van der Waals surface area contributed by atoms with E-state index in [-0.39, 0.29) is 13.0 Å².